The molecule has 9 heteroatoms. The highest BCUT2D eigenvalue weighted by atomic mass is 16.6. The Bertz CT molecular complexity index is 1310. The largest absolute Gasteiger partial charge is 0.454 e. The van der Waals surface area contributed by atoms with Crippen LogP contribution in [0.5, 0.6) is 0 Å². The Balaban J connectivity index is 1.22. The van der Waals surface area contributed by atoms with Gasteiger partial charge in [-0.3, -0.25) is 24.5 Å². The predicted octanol–water partition coefficient (Wildman–Crippen LogP) is 3.19. The van der Waals surface area contributed by atoms with Crippen LogP contribution in [0.2, 0.25) is 0 Å². The number of rotatable bonds is 6. The van der Waals surface area contributed by atoms with Gasteiger partial charge in [-0.15, -0.1) is 0 Å². The van der Waals surface area contributed by atoms with Gasteiger partial charge in [0, 0.05) is 17.7 Å². The SMILES string of the molecule is O=C(COC(=O)c1ccccc1N1C(=O)[C@H]2[C@@H]3C=C[C@H]([C@H]4C[C@H]34)[C@@H]2C1=O)c1cccc([N+](=O)[O-])c1. The van der Waals surface area contributed by atoms with Gasteiger partial charge in [0.1, 0.15) is 0 Å². The Morgan fingerprint density at radius 1 is 0.971 bits per heavy atom. The van der Waals surface area contributed by atoms with Crippen molar-refractivity contribution in [3.8, 4) is 0 Å². The van der Waals surface area contributed by atoms with Gasteiger partial charge in [0.25, 0.3) is 5.69 Å². The lowest BCUT2D eigenvalue weighted by molar-refractivity contribution is -0.384. The van der Waals surface area contributed by atoms with Gasteiger partial charge in [0.15, 0.2) is 6.61 Å². The summed E-state index contributed by atoms with van der Waals surface area (Å²) in [5, 5.41) is 10.9. The summed E-state index contributed by atoms with van der Waals surface area (Å²) < 4.78 is 5.19. The summed E-state index contributed by atoms with van der Waals surface area (Å²) >= 11 is 0. The first-order chi connectivity index (χ1) is 16.9. The summed E-state index contributed by atoms with van der Waals surface area (Å²) in [6.45, 7) is -0.640. The zero-order valence-corrected chi connectivity index (χ0v) is 18.4. The number of allylic oxidation sites excluding steroid dienone is 2. The number of hydrogen-bond acceptors (Lipinski definition) is 7. The number of nitro groups is 1. The fraction of sp³-hybridized carbons (Fsp3) is 0.308. The number of para-hydroxylation sites is 1. The van der Waals surface area contributed by atoms with Crippen molar-refractivity contribution >= 4 is 34.9 Å². The first-order valence-corrected chi connectivity index (χ1v) is 11.5. The molecule has 0 radical (unpaired) electrons. The molecule has 1 saturated heterocycles. The molecule has 0 unspecified atom stereocenters. The number of amides is 2. The smallest absolute Gasteiger partial charge is 0.340 e. The minimum absolute atomic E-state index is 0.00477. The fourth-order valence-corrected chi connectivity index (χ4v) is 6.12. The number of Topliss-reactive ketones (excluding diaryl/α,β-unsaturated/α-hetero) is 1. The molecule has 0 spiro atoms. The monoisotopic (exact) mass is 472 g/mol. The summed E-state index contributed by atoms with van der Waals surface area (Å²) in [5.74, 6) is -1.83. The molecule has 7 rings (SSSR count). The van der Waals surface area contributed by atoms with Crippen LogP contribution in [-0.2, 0) is 14.3 Å². The molecule has 3 fully saturated rings. The maximum Gasteiger partial charge on any atom is 0.340 e. The number of carbonyl (C=O) groups is 4. The Morgan fingerprint density at radius 3 is 2.29 bits per heavy atom. The molecule has 0 aromatic heterocycles. The zero-order chi connectivity index (χ0) is 24.4. The highest BCUT2D eigenvalue weighted by Gasteiger charge is 2.67. The van der Waals surface area contributed by atoms with Gasteiger partial charge in [0.05, 0.1) is 28.0 Å². The molecular weight excluding hydrogens is 452 g/mol. The molecule has 9 nitrogen and oxygen atoms in total. The minimum Gasteiger partial charge on any atom is -0.454 e. The third kappa shape index (κ3) is 3.22. The fourth-order valence-electron chi connectivity index (χ4n) is 6.12. The van der Waals surface area contributed by atoms with E-state index in [0.717, 1.165) is 17.4 Å². The number of nitro benzene ring substituents is 1. The summed E-state index contributed by atoms with van der Waals surface area (Å²) in [4.78, 5) is 63.7. The average Bonchev–Trinajstić information content (AvgIpc) is 3.65. The number of nitrogens with zero attached hydrogens (tertiary/aromatic N) is 2. The molecule has 2 aromatic rings. The van der Waals surface area contributed by atoms with Gasteiger partial charge in [0.2, 0.25) is 17.6 Å². The Hall–Kier alpha value is -4.14. The summed E-state index contributed by atoms with van der Waals surface area (Å²) in [7, 11) is 0. The number of imide groups is 1. The number of benzene rings is 2. The van der Waals surface area contributed by atoms with Crippen LogP contribution in [0, 0.1) is 45.6 Å². The Labute approximate surface area is 199 Å². The molecule has 176 valence electrons. The molecule has 1 heterocycles. The van der Waals surface area contributed by atoms with Gasteiger partial charge < -0.3 is 4.74 Å². The average molecular weight is 472 g/mol. The van der Waals surface area contributed by atoms with E-state index < -0.39 is 35.1 Å². The van der Waals surface area contributed by atoms with Crippen molar-refractivity contribution in [2.75, 3.05) is 11.5 Å². The van der Waals surface area contributed by atoms with Crippen molar-refractivity contribution in [1.29, 1.82) is 0 Å². The van der Waals surface area contributed by atoms with E-state index in [4.69, 9.17) is 4.74 Å². The topological polar surface area (TPSA) is 124 Å². The predicted molar refractivity (Wildman–Crippen MR) is 121 cm³/mol. The van der Waals surface area contributed by atoms with Crippen LogP contribution >= 0.6 is 0 Å². The molecule has 5 aliphatic rings. The quantitative estimate of drug-likeness (QED) is 0.158. The second-order valence-electron chi connectivity index (χ2n) is 9.49. The minimum atomic E-state index is -0.862. The summed E-state index contributed by atoms with van der Waals surface area (Å²) in [6, 6.07) is 11.3. The van der Waals surface area contributed by atoms with E-state index in [0.29, 0.717) is 11.8 Å². The number of non-ortho nitro benzene ring substituents is 1. The maximum absolute atomic E-state index is 13.4. The second-order valence-corrected chi connectivity index (χ2v) is 9.49. The van der Waals surface area contributed by atoms with Gasteiger partial charge in [-0.2, -0.15) is 0 Å². The van der Waals surface area contributed by atoms with E-state index in [2.05, 4.69) is 12.2 Å². The molecule has 2 saturated carbocycles. The van der Waals surface area contributed by atoms with Crippen LogP contribution < -0.4 is 4.90 Å². The normalized spacial score (nSPS) is 29.5. The van der Waals surface area contributed by atoms with Crippen LogP contribution in [0.1, 0.15) is 27.1 Å². The van der Waals surface area contributed by atoms with E-state index >= 15 is 0 Å². The molecule has 2 aromatic carbocycles. The summed E-state index contributed by atoms with van der Waals surface area (Å²) in [6.07, 6.45) is 5.21. The lowest BCUT2D eigenvalue weighted by Gasteiger charge is -2.37. The van der Waals surface area contributed by atoms with Crippen LogP contribution in [0.15, 0.2) is 60.7 Å². The molecule has 2 amide bonds. The molecule has 0 N–H and O–H groups in total. The number of esters is 1. The van der Waals surface area contributed by atoms with Crippen LogP contribution in [-0.4, -0.2) is 35.1 Å². The van der Waals surface area contributed by atoms with E-state index in [1.54, 1.807) is 12.1 Å². The van der Waals surface area contributed by atoms with Crippen molar-refractivity contribution in [1.82, 2.24) is 0 Å². The van der Waals surface area contributed by atoms with Crippen molar-refractivity contribution in [3.05, 3.63) is 81.9 Å². The van der Waals surface area contributed by atoms with E-state index in [1.165, 1.54) is 30.3 Å². The van der Waals surface area contributed by atoms with E-state index in [9.17, 15) is 29.3 Å². The number of ketones is 1. The summed E-state index contributed by atoms with van der Waals surface area (Å²) in [5.41, 5.74) is -0.0557. The number of anilines is 1. The lowest BCUT2D eigenvalue weighted by Crippen LogP contribution is -2.40. The van der Waals surface area contributed by atoms with E-state index in [-0.39, 0.29) is 46.2 Å². The third-order valence-electron chi connectivity index (χ3n) is 7.74. The second kappa shape index (κ2) is 7.69. The van der Waals surface area contributed by atoms with Gasteiger partial charge in [-0.1, -0.05) is 36.4 Å². The molecule has 1 aliphatic heterocycles. The standard InChI is InChI=1S/C26H20N2O7/c29-21(13-4-3-5-14(10-13)28(33)34)12-35-26(32)17-6-1-2-7-20(17)27-24(30)22-15-8-9-16(19-11-18(15)19)23(22)25(27)31/h1-10,15-16,18-19,22-23H,11-12H2/t15-,16-,18-,19-,22+,23+/m1/s1. The number of ether oxygens (including phenoxy) is 1. The molecule has 35 heavy (non-hydrogen) atoms. The van der Waals surface area contributed by atoms with Crippen LogP contribution in [0.25, 0.3) is 0 Å². The van der Waals surface area contributed by atoms with Crippen LogP contribution in [0.3, 0.4) is 0 Å². The van der Waals surface area contributed by atoms with Crippen molar-refractivity contribution in [3.63, 3.8) is 0 Å². The molecule has 6 atom stereocenters. The van der Waals surface area contributed by atoms with Crippen LogP contribution in [0.4, 0.5) is 11.4 Å². The third-order valence-corrected chi connectivity index (χ3v) is 7.74. The van der Waals surface area contributed by atoms with Gasteiger partial charge in [-0.05, 0) is 42.2 Å². The molecule has 2 bridgehead atoms. The lowest BCUT2D eigenvalue weighted by atomic mass is 9.63. The first kappa shape index (κ1) is 21.4. The van der Waals surface area contributed by atoms with Gasteiger partial charge >= 0.3 is 5.97 Å². The highest BCUT2D eigenvalue weighted by molar-refractivity contribution is 6.24. The maximum atomic E-state index is 13.4. The molecular formula is C26H20N2O7. The molecule has 4 aliphatic carbocycles. The van der Waals surface area contributed by atoms with Crippen molar-refractivity contribution in [2.24, 2.45) is 35.5 Å². The highest BCUT2D eigenvalue weighted by Crippen LogP contribution is 2.65. The Morgan fingerprint density at radius 2 is 1.63 bits per heavy atom. The Kier molecular flexibility index (Phi) is 4.70. The van der Waals surface area contributed by atoms with Gasteiger partial charge in [-0.25, -0.2) is 9.69 Å². The number of hydrogen-bond donors (Lipinski definition) is 0. The first-order valence-electron chi connectivity index (χ1n) is 11.5. The zero-order valence-electron chi connectivity index (χ0n) is 18.4. The van der Waals surface area contributed by atoms with E-state index in [1.807, 2.05) is 0 Å². The van der Waals surface area contributed by atoms with Crippen molar-refractivity contribution in [2.45, 2.75) is 6.42 Å². The van der Waals surface area contributed by atoms with Crippen molar-refractivity contribution < 1.29 is 28.8 Å². The number of carbonyl (C=O) groups excluding carboxylic acids is 4.